The predicted molar refractivity (Wildman–Crippen MR) is 146 cm³/mol. The van der Waals surface area contributed by atoms with E-state index in [1.54, 1.807) is 42.5 Å². The Kier molecular flexibility index (Phi) is 8.52. The quantitative estimate of drug-likeness (QED) is 0.402. The second kappa shape index (κ2) is 12.0. The second-order valence-electron chi connectivity index (χ2n) is 8.97. The molecule has 2 amide bonds. The Morgan fingerprint density at radius 3 is 2.37 bits per heavy atom. The zero-order chi connectivity index (χ0) is 27.1. The molecule has 38 heavy (non-hydrogen) atoms. The van der Waals surface area contributed by atoms with Crippen LogP contribution in [-0.2, 0) is 14.8 Å². The first-order valence-corrected chi connectivity index (χ1v) is 14.2. The van der Waals surface area contributed by atoms with Gasteiger partial charge in [0.1, 0.15) is 13.2 Å². The number of nitrogens with zero attached hydrogens (tertiary/aromatic N) is 1. The number of amides is 2. The molecule has 200 valence electrons. The van der Waals surface area contributed by atoms with Crippen molar-refractivity contribution in [2.45, 2.75) is 25.8 Å². The van der Waals surface area contributed by atoms with Gasteiger partial charge in [-0.05, 0) is 43.2 Å². The number of hydrogen-bond acceptors (Lipinski definition) is 6. The van der Waals surface area contributed by atoms with Crippen LogP contribution in [0.4, 0.5) is 11.4 Å². The summed E-state index contributed by atoms with van der Waals surface area (Å²) in [6.45, 7) is 2.82. The Morgan fingerprint density at radius 1 is 0.947 bits per heavy atom. The van der Waals surface area contributed by atoms with Gasteiger partial charge in [0, 0.05) is 19.0 Å². The molecule has 0 unspecified atom stereocenters. The molecule has 0 bridgehead atoms. The maximum Gasteiger partial charge on any atom is 0.253 e. The number of carbonyl (C=O) groups is 2. The van der Waals surface area contributed by atoms with Crippen LogP contribution >= 0.6 is 0 Å². The number of rotatable bonds is 10. The molecule has 1 aliphatic rings. The van der Waals surface area contributed by atoms with Gasteiger partial charge in [0.05, 0.1) is 29.2 Å². The van der Waals surface area contributed by atoms with E-state index < -0.39 is 10.0 Å². The molecule has 2 N–H and O–H groups in total. The number of benzene rings is 3. The number of carbonyl (C=O) groups excluding carboxylic acids is 2. The highest BCUT2D eigenvalue weighted by Gasteiger charge is 2.21. The maximum absolute atomic E-state index is 12.9. The van der Waals surface area contributed by atoms with Crippen molar-refractivity contribution >= 4 is 33.2 Å². The van der Waals surface area contributed by atoms with E-state index in [9.17, 15) is 18.0 Å². The lowest BCUT2D eigenvalue weighted by Gasteiger charge is -2.25. The third-order valence-corrected chi connectivity index (χ3v) is 7.27. The summed E-state index contributed by atoms with van der Waals surface area (Å²) in [5.74, 6) is 0.418. The summed E-state index contributed by atoms with van der Waals surface area (Å²) in [6.07, 6.45) is 1.45. The highest BCUT2D eigenvalue weighted by molar-refractivity contribution is 7.92. The Hall–Kier alpha value is -4.05. The lowest BCUT2D eigenvalue weighted by Crippen LogP contribution is -2.31. The van der Waals surface area contributed by atoms with Crippen LogP contribution in [-0.4, -0.2) is 46.2 Å². The number of anilines is 2. The van der Waals surface area contributed by atoms with Crippen molar-refractivity contribution in [2.75, 3.05) is 35.6 Å². The molecular formula is C28H31N3O6S. The minimum atomic E-state index is -3.60. The average molecular weight is 538 g/mol. The topological polar surface area (TPSA) is 114 Å². The van der Waals surface area contributed by atoms with Crippen molar-refractivity contribution in [3.8, 4) is 11.5 Å². The number of fused-ring (bicyclic) bond motifs is 1. The molecule has 10 heteroatoms. The van der Waals surface area contributed by atoms with Gasteiger partial charge in [0.2, 0.25) is 15.9 Å². The molecule has 3 aromatic carbocycles. The average Bonchev–Trinajstić information content (AvgIpc) is 2.91. The standard InChI is InChI=1S/C28H31N3O6S/c1-20(21-9-4-3-5-10-21)29-28(33)23-11-6-7-12-24(23)30-27(32)13-8-16-31(38(2,34)35)22-14-15-25-26(19-22)37-18-17-36-25/h3-7,9-12,14-15,19-20H,8,13,16-18H2,1-2H3,(H,29,33)(H,30,32)/t20-/m1/s1. The number of nitrogens with one attached hydrogen (secondary N) is 2. The molecular weight excluding hydrogens is 506 g/mol. The molecule has 0 fully saturated rings. The van der Waals surface area contributed by atoms with Crippen molar-refractivity contribution in [3.63, 3.8) is 0 Å². The van der Waals surface area contributed by atoms with Crippen LogP contribution in [0.15, 0.2) is 72.8 Å². The Morgan fingerprint density at radius 2 is 1.63 bits per heavy atom. The fourth-order valence-electron chi connectivity index (χ4n) is 4.16. The van der Waals surface area contributed by atoms with Gasteiger partial charge < -0.3 is 20.1 Å². The van der Waals surface area contributed by atoms with Crippen LogP contribution in [0.1, 0.15) is 41.7 Å². The molecule has 9 nitrogen and oxygen atoms in total. The normalized spacial score (nSPS) is 13.3. The van der Waals surface area contributed by atoms with Gasteiger partial charge in [-0.15, -0.1) is 0 Å². The summed E-state index contributed by atoms with van der Waals surface area (Å²) in [4.78, 5) is 25.7. The first-order chi connectivity index (χ1) is 18.2. The summed E-state index contributed by atoms with van der Waals surface area (Å²) >= 11 is 0. The number of sulfonamides is 1. The van der Waals surface area contributed by atoms with Crippen LogP contribution in [0.25, 0.3) is 0 Å². The Bertz CT molecular complexity index is 1390. The lowest BCUT2D eigenvalue weighted by atomic mass is 10.1. The van der Waals surface area contributed by atoms with Crippen molar-refractivity contribution < 1.29 is 27.5 Å². The summed E-state index contributed by atoms with van der Waals surface area (Å²) in [7, 11) is -3.60. The SMILES string of the molecule is C[C@@H](NC(=O)c1ccccc1NC(=O)CCCN(c1ccc2c(c1)OCCO2)S(C)(=O)=O)c1ccccc1. The molecule has 1 heterocycles. The third-order valence-electron chi connectivity index (χ3n) is 6.07. The van der Waals surface area contributed by atoms with E-state index in [0.29, 0.717) is 41.7 Å². The summed E-state index contributed by atoms with van der Waals surface area (Å²) in [5, 5.41) is 5.75. The minimum Gasteiger partial charge on any atom is -0.486 e. The predicted octanol–water partition coefficient (Wildman–Crippen LogP) is 4.13. The van der Waals surface area contributed by atoms with Crippen LogP contribution < -0.4 is 24.4 Å². The maximum atomic E-state index is 12.9. The van der Waals surface area contributed by atoms with Gasteiger partial charge in [-0.2, -0.15) is 0 Å². The lowest BCUT2D eigenvalue weighted by molar-refractivity contribution is -0.116. The number of para-hydroxylation sites is 1. The largest absolute Gasteiger partial charge is 0.486 e. The first-order valence-electron chi connectivity index (χ1n) is 12.3. The summed E-state index contributed by atoms with van der Waals surface area (Å²) in [6, 6.07) is 21.1. The van der Waals surface area contributed by atoms with Crippen LogP contribution in [0.2, 0.25) is 0 Å². The Labute approximate surface area is 222 Å². The van der Waals surface area contributed by atoms with E-state index in [2.05, 4.69) is 10.6 Å². The van der Waals surface area contributed by atoms with E-state index in [1.807, 2.05) is 37.3 Å². The molecule has 0 aromatic heterocycles. The third kappa shape index (κ3) is 6.83. The minimum absolute atomic E-state index is 0.0624. The van der Waals surface area contributed by atoms with Crippen molar-refractivity contribution in [1.29, 1.82) is 0 Å². The zero-order valence-corrected chi connectivity index (χ0v) is 22.2. The number of hydrogen-bond donors (Lipinski definition) is 2. The fourth-order valence-corrected chi connectivity index (χ4v) is 5.12. The molecule has 0 saturated heterocycles. The smallest absolute Gasteiger partial charge is 0.253 e. The first kappa shape index (κ1) is 27.0. The molecule has 0 aliphatic carbocycles. The monoisotopic (exact) mass is 537 g/mol. The molecule has 0 radical (unpaired) electrons. The Balaban J connectivity index is 1.37. The van der Waals surface area contributed by atoms with E-state index in [1.165, 1.54) is 4.31 Å². The molecule has 0 spiro atoms. The van der Waals surface area contributed by atoms with Crippen molar-refractivity contribution in [2.24, 2.45) is 0 Å². The molecule has 3 aromatic rings. The van der Waals surface area contributed by atoms with Crippen LogP contribution in [0, 0.1) is 0 Å². The molecule has 4 rings (SSSR count). The molecule has 0 saturated carbocycles. The molecule has 1 atom stereocenters. The van der Waals surface area contributed by atoms with Gasteiger partial charge in [0.25, 0.3) is 5.91 Å². The van der Waals surface area contributed by atoms with Crippen molar-refractivity contribution in [3.05, 3.63) is 83.9 Å². The second-order valence-corrected chi connectivity index (χ2v) is 10.9. The highest BCUT2D eigenvalue weighted by atomic mass is 32.2. The molecule has 1 aliphatic heterocycles. The highest BCUT2D eigenvalue weighted by Crippen LogP contribution is 2.34. The van der Waals surface area contributed by atoms with E-state index in [0.717, 1.165) is 11.8 Å². The van der Waals surface area contributed by atoms with Crippen LogP contribution in [0.5, 0.6) is 11.5 Å². The summed E-state index contributed by atoms with van der Waals surface area (Å²) < 4.78 is 37.3. The van der Waals surface area contributed by atoms with Gasteiger partial charge in [-0.1, -0.05) is 42.5 Å². The van der Waals surface area contributed by atoms with Gasteiger partial charge in [0.15, 0.2) is 11.5 Å². The van der Waals surface area contributed by atoms with Gasteiger partial charge in [-0.25, -0.2) is 8.42 Å². The van der Waals surface area contributed by atoms with Gasteiger partial charge in [-0.3, -0.25) is 13.9 Å². The van der Waals surface area contributed by atoms with E-state index >= 15 is 0 Å². The van der Waals surface area contributed by atoms with Crippen molar-refractivity contribution in [1.82, 2.24) is 5.32 Å². The zero-order valence-electron chi connectivity index (χ0n) is 21.3. The van der Waals surface area contributed by atoms with Crippen LogP contribution in [0.3, 0.4) is 0 Å². The number of ether oxygens (including phenoxy) is 2. The fraction of sp³-hybridized carbons (Fsp3) is 0.286. The van der Waals surface area contributed by atoms with E-state index in [4.69, 9.17) is 9.47 Å². The summed E-state index contributed by atoms with van der Waals surface area (Å²) in [5.41, 5.74) is 2.14. The van der Waals surface area contributed by atoms with E-state index in [-0.39, 0.29) is 37.2 Å². The van der Waals surface area contributed by atoms with Gasteiger partial charge >= 0.3 is 0 Å².